The zero-order valence-electron chi connectivity index (χ0n) is 13.3. The molecule has 0 aliphatic carbocycles. The van der Waals surface area contributed by atoms with Crippen molar-refractivity contribution in [3.63, 3.8) is 0 Å². The Morgan fingerprint density at radius 2 is 2.05 bits per heavy atom. The summed E-state index contributed by atoms with van der Waals surface area (Å²) in [5.74, 6) is 0.647. The first-order valence-corrected chi connectivity index (χ1v) is 7.28. The van der Waals surface area contributed by atoms with Gasteiger partial charge in [0.2, 0.25) is 5.91 Å². The van der Waals surface area contributed by atoms with Crippen LogP contribution in [0.1, 0.15) is 36.9 Å². The summed E-state index contributed by atoms with van der Waals surface area (Å²) in [6, 6.07) is 5.77. The number of nitrogens with two attached hydrogens (primary N) is 1. The van der Waals surface area contributed by atoms with E-state index in [0.717, 1.165) is 16.9 Å². The van der Waals surface area contributed by atoms with Gasteiger partial charge in [0.25, 0.3) is 0 Å². The standard InChI is InChI=1S/C16H24N2O3.ClH/c1-11-4-5-14(20-3)13(10-11)12(2)18-15(19)16(17)6-8-21-9-7-16;/h4-5,10,12H,6-9,17H2,1-3H3,(H,18,19);1H. The van der Waals surface area contributed by atoms with Crippen molar-refractivity contribution >= 4 is 18.3 Å². The van der Waals surface area contributed by atoms with Crippen LogP contribution in [0.15, 0.2) is 18.2 Å². The summed E-state index contributed by atoms with van der Waals surface area (Å²) in [4.78, 5) is 12.5. The molecule has 1 amide bonds. The number of hydrogen-bond donors (Lipinski definition) is 2. The van der Waals surface area contributed by atoms with Crippen LogP contribution < -0.4 is 15.8 Å². The second-order valence-electron chi connectivity index (χ2n) is 5.71. The maximum Gasteiger partial charge on any atom is 0.240 e. The molecule has 6 heteroatoms. The molecular weight excluding hydrogens is 304 g/mol. The lowest BCUT2D eigenvalue weighted by Gasteiger charge is -2.33. The summed E-state index contributed by atoms with van der Waals surface area (Å²) in [5.41, 5.74) is 7.46. The van der Waals surface area contributed by atoms with Gasteiger partial charge < -0.3 is 20.5 Å². The molecule has 1 aliphatic heterocycles. The third-order valence-electron chi connectivity index (χ3n) is 4.04. The van der Waals surface area contributed by atoms with Crippen LogP contribution in [0, 0.1) is 6.92 Å². The smallest absolute Gasteiger partial charge is 0.240 e. The van der Waals surface area contributed by atoms with Gasteiger partial charge in [0.05, 0.1) is 18.7 Å². The SMILES string of the molecule is COc1ccc(C)cc1C(C)NC(=O)C1(N)CCOCC1.Cl. The van der Waals surface area contributed by atoms with Gasteiger partial charge in [-0.05, 0) is 32.8 Å². The Kier molecular flexibility index (Phi) is 6.66. The summed E-state index contributed by atoms with van der Waals surface area (Å²) in [5, 5.41) is 3.01. The molecule has 2 rings (SSSR count). The molecule has 0 aromatic heterocycles. The van der Waals surface area contributed by atoms with E-state index in [1.165, 1.54) is 0 Å². The van der Waals surface area contributed by atoms with E-state index in [4.69, 9.17) is 15.2 Å². The number of carbonyl (C=O) groups excluding carboxylic acids is 1. The van der Waals surface area contributed by atoms with Gasteiger partial charge in [-0.25, -0.2) is 0 Å². The van der Waals surface area contributed by atoms with Crippen molar-refractivity contribution in [2.75, 3.05) is 20.3 Å². The molecule has 1 saturated heterocycles. The first kappa shape index (κ1) is 18.7. The van der Waals surface area contributed by atoms with E-state index in [9.17, 15) is 4.79 Å². The van der Waals surface area contributed by atoms with Gasteiger partial charge in [0.15, 0.2) is 0 Å². The Hall–Kier alpha value is -1.30. The van der Waals surface area contributed by atoms with Crippen LogP contribution in [0.3, 0.4) is 0 Å². The first-order valence-electron chi connectivity index (χ1n) is 7.28. The molecule has 22 heavy (non-hydrogen) atoms. The molecule has 1 unspecified atom stereocenters. The number of amides is 1. The van der Waals surface area contributed by atoms with E-state index in [1.54, 1.807) is 7.11 Å². The maximum atomic E-state index is 12.5. The molecular formula is C16H25ClN2O3. The van der Waals surface area contributed by atoms with Gasteiger partial charge in [-0.3, -0.25) is 4.79 Å². The van der Waals surface area contributed by atoms with Crippen molar-refractivity contribution in [3.05, 3.63) is 29.3 Å². The van der Waals surface area contributed by atoms with Crippen molar-refractivity contribution in [2.45, 2.75) is 38.3 Å². The molecule has 1 aliphatic rings. The van der Waals surface area contributed by atoms with Crippen molar-refractivity contribution in [2.24, 2.45) is 5.73 Å². The average molecular weight is 329 g/mol. The number of hydrogen-bond acceptors (Lipinski definition) is 4. The Morgan fingerprint density at radius 1 is 1.41 bits per heavy atom. The number of nitrogens with one attached hydrogen (secondary N) is 1. The fraction of sp³-hybridized carbons (Fsp3) is 0.562. The minimum absolute atomic E-state index is 0. The monoisotopic (exact) mass is 328 g/mol. The Morgan fingerprint density at radius 3 is 2.64 bits per heavy atom. The number of ether oxygens (including phenoxy) is 2. The van der Waals surface area contributed by atoms with E-state index in [1.807, 2.05) is 32.0 Å². The minimum atomic E-state index is -0.830. The summed E-state index contributed by atoms with van der Waals surface area (Å²) in [6.07, 6.45) is 1.10. The summed E-state index contributed by atoms with van der Waals surface area (Å²) in [6.45, 7) is 5.02. The number of rotatable bonds is 4. The molecule has 0 saturated carbocycles. The Balaban J connectivity index is 0.00000242. The number of carbonyl (C=O) groups is 1. The third-order valence-corrected chi connectivity index (χ3v) is 4.04. The number of benzene rings is 1. The highest BCUT2D eigenvalue weighted by molar-refractivity contribution is 5.86. The van der Waals surface area contributed by atoms with Gasteiger partial charge in [-0.1, -0.05) is 17.7 Å². The number of halogens is 1. The van der Waals surface area contributed by atoms with Gasteiger partial charge in [0.1, 0.15) is 5.75 Å². The van der Waals surface area contributed by atoms with Crippen LogP contribution in [0.5, 0.6) is 5.75 Å². The molecule has 0 radical (unpaired) electrons. The van der Waals surface area contributed by atoms with Crippen LogP contribution in [0.25, 0.3) is 0 Å². The van der Waals surface area contributed by atoms with Crippen molar-refractivity contribution in [1.82, 2.24) is 5.32 Å². The second kappa shape index (κ2) is 7.81. The summed E-state index contributed by atoms with van der Waals surface area (Å²) in [7, 11) is 1.63. The van der Waals surface area contributed by atoms with Crippen LogP contribution in [0.4, 0.5) is 0 Å². The fourth-order valence-electron chi connectivity index (χ4n) is 2.57. The Bertz CT molecular complexity index is 516. The minimum Gasteiger partial charge on any atom is -0.496 e. The lowest BCUT2D eigenvalue weighted by molar-refractivity contribution is -0.130. The highest BCUT2D eigenvalue weighted by Crippen LogP contribution is 2.27. The van der Waals surface area contributed by atoms with E-state index >= 15 is 0 Å². The van der Waals surface area contributed by atoms with Gasteiger partial charge in [-0.15, -0.1) is 12.4 Å². The predicted octanol–water partition coefficient (Wildman–Crippen LogP) is 2.11. The molecule has 1 aromatic carbocycles. The molecule has 0 bridgehead atoms. The largest absolute Gasteiger partial charge is 0.496 e. The van der Waals surface area contributed by atoms with Crippen LogP contribution in [-0.2, 0) is 9.53 Å². The molecule has 3 N–H and O–H groups in total. The lowest BCUT2D eigenvalue weighted by atomic mass is 9.89. The second-order valence-corrected chi connectivity index (χ2v) is 5.71. The Labute approximate surface area is 138 Å². The maximum absolute atomic E-state index is 12.5. The van der Waals surface area contributed by atoms with E-state index in [0.29, 0.717) is 26.1 Å². The summed E-state index contributed by atoms with van der Waals surface area (Å²) < 4.78 is 10.6. The molecule has 0 spiro atoms. The zero-order valence-corrected chi connectivity index (χ0v) is 14.2. The highest BCUT2D eigenvalue weighted by atomic mass is 35.5. The quantitative estimate of drug-likeness (QED) is 0.887. The highest BCUT2D eigenvalue weighted by Gasteiger charge is 2.36. The predicted molar refractivity (Wildman–Crippen MR) is 88.5 cm³/mol. The lowest BCUT2D eigenvalue weighted by Crippen LogP contribution is -2.57. The molecule has 1 heterocycles. The third kappa shape index (κ3) is 4.12. The van der Waals surface area contributed by atoms with Crippen molar-refractivity contribution < 1.29 is 14.3 Å². The molecule has 124 valence electrons. The molecule has 5 nitrogen and oxygen atoms in total. The summed E-state index contributed by atoms with van der Waals surface area (Å²) >= 11 is 0. The molecule has 1 fully saturated rings. The molecule has 1 aromatic rings. The van der Waals surface area contributed by atoms with Crippen LogP contribution >= 0.6 is 12.4 Å². The molecule has 1 atom stereocenters. The van der Waals surface area contributed by atoms with Gasteiger partial charge >= 0.3 is 0 Å². The van der Waals surface area contributed by atoms with E-state index < -0.39 is 5.54 Å². The zero-order chi connectivity index (χ0) is 15.5. The fourth-order valence-corrected chi connectivity index (χ4v) is 2.57. The topological polar surface area (TPSA) is 73.6 Å². The first-order chi connectivity index (χ1) is 9.96. The normalized spacial score (nSPS) is 18.0. The van der Waals surface area contributed by atoms with E-state index in [-0.39, 0.29) is 24.4 Å². The average Bonchev–Trinajstić information content (AvgIpc) is 2.47. The van der Waals surface area contributed by atoms with Crippen LogP contribution in [0.2, 0.25) is 0 Å². The van der Waals surface area contributed by atoms with Crippen LogP contribution in [-0.4, -0.2) is 31.8 Å². The number of methoxy groups -OCH3 is 1. The van der Waals surface area contributed by atoms with Gasteiger partial charge in [0, 0.05) is 18.8 Å². The van der Waals surface area contributed by atoms with E-state index in [2.05, 4.69) is 5.32 Å². The van der Waals surface area contributed by atoms with Crippen molar-refractivity contribution in [3.8, 4) is 5.75 Å². The van der Waals surface area contributed by atoms with Gasteiger partial charge in [-0.2, -0.15) is 0 Å². The number of aryl methyl sites for hydroxylation is 1. The van der Waals surface area contributed by atoms with Crippen molar-refractivity contribution in [1.29, 1.82) is 0 Å².